The van der Waals surface area contributed by atoms with Crippen molar-refractivity contribution in [2.24, 2.45) is 0 Å². The van der Waals surface area contributed by atoms with Gasteiger partial charge in [0.1, 0.15) is 0 Å². The summed E-state index contributed by atoms with van der Waals surface area (Å²) >= 11 is 0. The fourth-order valence-corrected chi connectivity index (χ4v) is 0.321. The molecule has 0 heterocycles. The average molecular weight is 275 g/mol. The van der Waals surface area contributed by atoms with Crippen molar-refractivity contribution in [2.45, 2.75) is 26.3 Å². The smallest absolute Gasteiger partial charge is 0 e. The molecule has 0 fully saturated rings. The quantitative estimate of drug-likeness (QED) is 0.413. The minimum atomic E-state index is -0.250. The fourth-order valence-electron chi connectivity index (χ4n) is 0.321. The number of hydrogen-bond acceptors (Lipinski definition) is 0. The van der Waals surface area contributed by atoms with E-state index in [0.29, 0.717) is 0 Å². The number of rotatable bonds is 0. The van der Waals surface area contributed by atoms with Crippen LogP contribution in [0.1, 0.15) is 20.8 Å². The van der Waals surface area contributed by atoms with Crippen LogP contribution in [0.15, 0.2) is 30.3 Å². The summed E-state index contributed by atoms with van der Waals surface area (Å²) < 4.78 is 0. The molecular formula is C15H33NTi-8. The molecule has 1 aromatic rings. The van der Waals surface area contributed by atoms with Crippen molar-refractivity contribution in [3.8, 4) is 0 Å². The van der Waals surface area contributed by atoms with Crippen LogP contribution in [0.2, 0.25) is 0 Å². The van der Waals surface area contributed by atoms with Gasteiger partial charge in [0.15, 0.2) is 0 Å². The summed E-state index contributed by atoms with van der Waals surface area (Å²) in [6.45, 7) is 5.56. The van der Waals surface area contributed by atoms with E-state index in [4.69, 9.17) is 5.73 Å². The van der Waals surface area contributed by atoms with E-state index in [1.54, 1.807) is 0 Å². The van der Waals surface area contributed by atoms with Gasteiger partial charge in [-0.15, -0.1) is 5.54 Å². The second-order valence-electron chi connectivity index (χ2n) is 3.21. The normalized spacial score (nSPS) is 5.88. The van der Waals surface area contributed by atoms with Crippen LogP contribution < -0.4 is 0 Å². The molecule has 0 spiro atoms. The Morgan fingerprint density at radius 1 is 0.765 bits per heavy atom. The Balaban J connectivity index is -0.0000000112. The van der Waals surface area contributed by atoms with Crippen LogP contribution in [0.5, 0.6) is 0 Å². The molecule has 0 aliphatic heterocycles. The summed E-state index contributed by atoms with van der Waals surface area (Å²) in [4.78, 5) is 0. The number of nitrogens with one attached hydrogen (secondary N) is 1. The van der Waals surface area contributed by atoms with E-state index in [2.05, 4.69) is 0 Å². The van der Waals surface area contributed by atoms with E-state index in [-0.39, 0.29) is 71.8 Å². The van der Waals surface area contributed by atoms with E-state index in [1.165, 1.54) is 0 Å². The van der Waals surface area contributed by atoms with Crippen LogP contribution in [0.4, 0.5) is 0 Å². The molecule has 1 nitrogen and oxygen atoms in total. The molecule has 0 unspecified atom stereocenters. The zero-order valence-electron chi connectivity index (χ0n) is 13.4. The third kappa shape index (κ3) is 125. The van der Waals surface area contributed by atoms with Gasteiger partial charge in [0.05, 0.1) is 0 Å². The molecule has 0 radical (unpaired) electrons. The van der Waals surface area contributed by atoms with Crippen molar-refractivity contribution < 1.29 is 21.7 Å². The predicted octanol–water partition coefficient (Wildman–Crippen LogP) is 5.94. The van der Waals surface area contributed by atoms with E-state index >= 15 is 0 Å². The minimum Gasteiger partial charge on any atom is -0.673 e. The van der Waals surface area contributed by atoms with Crippen molar-refractivity contribution in [2.75, 3.05) is 0 Å². The summed E-state index contributed by atoms with van der Waals surface area (Å²) in [5.74, 6) is 0. The van der Waals surface area contributed by atoms with Gasteiger partial charge >= 0.3 is 0 Å². The Hall–Kier alpha value is 0.0243. The molecule has 0 aliphatic carbocycles. The van der Waals surface area contributed by atoms with Crippen molar-refractivity contribution in [1.29, 1.82) is 0 Å². The average Bonchev–Trinajstić information content (AvgIpc) is 2.07. The van der Waals surface area contributed by atoms with Crippen LogP contribution in [-0.4, -0.2) is 5.54 Å². The second kappa shape index (κ2) is 29.8. The molecule has 0 saturated carbocycles. The molecule has 17 heavy (non-hydrogen) atoms. The Morgan fingerprint density at radius 3 is 1.00 bits per heavy atom. The third-order valence-corrected chi connectivity index (χ3v) is 0.556. The molecule has 1 N–H and O–H groups in total. The molecule has 0 aromatic heterocycles. The summed E-state index contributed by atoms with van der Waals surface area (Å²) in [7, 11) is 0. The van der Waals surface area contributed by atoms with Crippen LogP contribution >= 0.6 is 0 Å². The molecule has 110 valence electrons. The van der Waals surface area contributed by atoms with Gasteiger partial charge in [0.2, 0.25) is 0 Å². The molecule has 0 aliphatic rings. The Morgan fingerprint density at radius 2 is 0.941 bits per heavy atom. The van der Waals surface area contributed by atoms with E-state index in [9.17, 15) is 0 Å². The van der Waals surface area contributed by atoms with Crippen LogP contribution in [0.25, 0.3) is 5.73 Å². The van der Waals surface area contributed by atoms with Gasteiger partial charge in [-0.2, -0.15) is 18.2 Å². The zero-order valence-corrected chi connectivity index (χ0v) is 14.9. The summed E-state index contributed by atoms with van der Waals surface area (Å²) in [5.41, 5.74) is 6.69. The molecule has 0 saturated heterocycles. The monoisotopic (exact) mass is 275 g/mol. The summed E-state index contributed by atoms with van der Waals surface area (Å²) in [6, 6.07) is 10.0. The molecule has 1 aromatic carbocycles. The Kier molecular flexibility index (Phi) is 94.0. The maximum absolute atomic E-state index is 6.94. The van der Waals surface area contributed by atoms with Gasteiger partial charge in [-0.25, -0.2) is 12.1 Å². The first-order chi connectivity index (χ1) is 4.50. The Bertz CT molecular complexity index is 117. The molecule has 0 bridgehead atoms. The molecule has 0 atom stereocenters. The maximum Gasteiger partial charge on any atom is 0 e. The van der Waals surface area contributed by atoms with Crippen molar-refractivity contribution >= 4 is 0 Å². The minimum absolute atomic E-state index is 0. The fraction of sp³-hybridized carbons (Fsp3) is 0.267. The molecule has 2 heteroatoms. The van der Waals surface area contributed by atoms with Gasteiger partial charge in [0, 0.05) is 21.7 Å². The van der Waals surface area contributed by atoms with Gasteiger partial charge in [-0.3, -0.25) is 0 Å². The van der Waals surface area contributed by atoms with Gasteiger partial charge < -0.3 is 50.3 Å². The topological polar surface area (TPSA) is 23.8 Å². The maximum atomic E-state index is 6.94. The van der Waals surface area contributed by atoms with E-state index in [0.717, 1.165) is 0 Å². The van der Waals surface area contributed by atoms with Crippen molar-refractivity contribution in [3.05, 3.63) is 80.6 Å². The third-order valence-electron chi connectivity index (χ3n) is 0.556. The van der Waals surface area contributed by atoms with E-state index in [1.807, 2.05) is 51.1 Å². The predicted molar refractivity (Wildman–Crippen MR) is 84.6 cm³/mol. The summed E-state index contributed by atoms with van der Waals surface area (Å²) in [6.07, 6.45) is 0. The van der Waals surface area contributed by atoms with Crippen molar-refractivity contribution in [1.82, 2.24) is 0 Å². The van der Waals surface area contributed by atoms with E-state index < -0.39 is 0 Å². The first kappa shape index (κ1) is 53.7. The Labute approximate surface area is 128 Å². The largest absolute Gasteiger partial charge is 0.673 e. The van der Waals surface area contributed by atoms with Crippen LogP contribution in [0.3, 0.4) is 0 Å². The number of hydrogen-bond donors (Lipinski definition) is 0. The second-order valence-corrected chi connectivity index (χ2v) is 3.21. The van der Waals surface area contributed by atoms with Gasteiger partial charge in [-0.1, -0.05) is 20.8 Å². The SMILES string of the molecule is CC(C)(C)[NH-].[CH3-].[CH3-].[CH3-].[CH3-].[CH3-].[CH3-].[Ti].c1cc[cH-]c1. The first-order valence-corrected chi connectivity index (χ1v) is 3.42. The van der Waals surface area contributed by atoms with Crippen LogP contribution in [-0.2, 0) is 21.7 Å². The van der Waals surface area contributed by atoms with Crippen LogP contribution in [0, 0.1) is 44.6 Å². The molecule has 1 rings (SSSR count). The standard InChI is InChI=1S/C5H5.C4H10N.6CH3.Ti/c1-2-4-5-3-1;1-4(2,3)5;;;;;;;/h1-5H;5H,1-3H3;6*1H3;/q8*-1;. The van der Waals surface area contributed by atoms with Crippen molar-refractivity contribution in [3.63, 3.8) is 0 Å². The molecule has 0 amide bonds. The van der Waals surface area contributed by atoms with Gasteiger partial charge in [0.25, 0.3) is 0 Å². The summed E-state index contributed by atoms with van der Waals surface area (Å²) in [5, 5.41) is 0. The first-order valence-electron chi connectivity index (χ1n) is 3.42. The molecular weight excluding hydrogens is 242 g/mol. The van der Waals surface area contributed by atoms with Gasteiger partial charge in [-0.05, 0) is 0 Å². The zero-order chi connectivity index (χ0) is 8.04.